The molecule has 0 aliphatic heterocycles. The van der Waals surface area contributed by atoms with Gasteiger partial charge in [-0.15, -0.1) is 0 Å². The van der Waals surface area contributed by atoms with Crippen molar-refractivity contribution < 1.29 is 19.4 Å². The molecule has 0 unspecified atom stereocenters. The first-order valence-electron chi connectivity index (χ1n) is 5.11. The van der Waals surface area contributed by atoms with E-state index in [-0.39, 0.29) is 4.88 Å². The zero-order valence-electron chi connectivity index (χ0n) is 9.88. The lowest BCUT2D eigenvalue weighted by molar-refractivity contribution is 0.0702. The molecule has 0 fully saturated rings. The molecule has 1 heterocycles. The summed E-state index contributed by atoms with van der Waals surface area (Å²) in [5.41, 5.74) is 0. The van der Waals surface area contributed by atoms with Gasteiger partial charge in [0.15, 0.2) is 5.13 Å². The minimum Gasteiger partial charge on any atom is -0.477 e. The third-order valence-corrected chi connectivity index (χ3v) is 3.15. The molecule has 1 aromatic heterocycles. The third kappa shape index (κ3) is 4.29. The third-order valence-electron chi connectivity index (χ3n) is 2.11. The van der Waals surface area contributed by atoms with Gasteiger partial charge in [0, 0.05) is 27.3 Å². The maximum absolute atomic E-state index is 10.8. The van der Waals surface area contributed by atoms with Crippen LogP contribution in [0.15, 0.2) is 6.20 Å². The number of hydrogen-bond donors (Lipinski definition) is 1. The minimum atomic E-state index is -0.952. The van der Waals surface area contributed by atoms with Crippen LogP contribution in [0.3, 0.4) is 0 Å². The first-order valence-corrected chi connectivity index (χ1v) is 5.92. The van der Waals surface area contributed by atoms with E-state index in [0.717, 1.165) is 11.3 Å². The van der Waals surface area contributed by atoms with Crippen molar-refractivity contribution in [1.82, 2.24) is 4.98 Å². The van der Waals surface area contributed by atoms with E-state index < -0.39 is 5.97 Å². The summed E-state index contributed by atoms with van der Waals surface area (Å²) in [5.74, 6) is -0.952. The van der Waals surface area contributed by atoms with Gasteiger partial charge in [0.25, 0.3) is 0 Å². The van der Waals surface area contributed by atoms with E-state index in [1.165, 1.54) is 6.20 Å². The first kappa shape index (κ1) is 13.9. The van der Waals surface area contributed by atoms with Gasteiger partial charge in [-0.05, 0) is 0 Å². The summed E-state index contributed by atoms with van der Waals surface area (Å²) in [6.07, 6.45) is 1.37. The molecular weight excluding hydrogens is 244 g/mol. The molecule has 1 aromatic rings. The molecule has 96 valence electrons. The van der Waals surface area contributed by atoms with Gasteiger partial charge >= 0.3 is 5.97 Å². The Morgan fingerprint density at radius 1 is 1.41 bits per heavy atom. The van der Waals surface area contributed by atoms with Crippen LogP contribution in [-0.2, 0) is 9.47 Å². The molecule has 1 N–H and O–H groups in total. The molecule has 7 heteroatoms. The smallest absolute Gasteiger partial charge is 0.347 e. The summed E-state index contributed by atoms with van der Waals surface area (Å²) in [4.78, 5) is 17.0. The Hall–Kier alpha value is -1.18. The van der Waals surface area contributed by atoms with E-state index in [2.05, 4.69) is 4.98 Å². The molecule has 6 nitrogen and oxygen atoms in total. The zero-order valence-corrected chi connectivity index (χ0v) is 10.7. The number of ether oxygens (including phenoxy) is 2. The molecule has 0 radical (unpaired) electrons. The molecule has 0 aliphatic carbocycles. The van der Waals surface area contributed by atoms with Crippen LogP contribution in [0.4, 0.5) is 5.13 Å². The number of carboxylic acid groups (broad SMARTS) is 1. The van der Waals surface area contributed by atoms with E-state index in [1.54, 1.807) is 14.2 Å². The van der Waals surface area contributed by atoms with Crippen LogP contribution >= 0.6 is 11.3 Å². The SMILES string of the molecule is COCCN(CCOC)c1ncc(C(=O)O)s1. The molecular formula is C10H16N2O4S. The van der Waals surface area contributed by atoms with Crippen molar-refractivity contribution in [3.63, 3.8) is 0 Å². The predicted octanol–water partition coefficient (Wildman–Crippen LogP) is 0.940. The highest BCUT2D eigenvalue weighted by atomic mass is 32.1. The Bertz CT molecular complexity index is 348. The van der Waals surface area contributed by atoms with E-state index in [4.69, 9.17) is 14.6 Å². The summed E-state index contributed by atoms with van der Waals surface area (Å²) in [6, 6.07) is 0. The highest BCUT2D eigenvalue weighted by Gasteiger charge is 2.14. The number of carbonyl (C=O) groups is 1. The van der Waals surface area contributed by atoms with E-state index in [9.17, 15) is 4.79 Å². The van der Waals surface area contributed by atoms with Crippen molar-refractivity contribution in [2.24, 2.45) is 0 Å². The van der Waals surface area contributed by atoms with Crippen molar-refractivity contribution in [2.75, 3.05) is 45.4 Å². The average molecular weight is 260 g/mol. The summed E-state index contributed by atoms with van der Waals surface area (Å²) in [6.45, 7) is 2.44. The topological polar surface area (TPSA) is 71.9 Å². The first-order chi connectivity index (χ1) is 8.19. The normalized spacial score (nSPS) is 10.5. The molecule has 0 aliphatic rings. The van der Waals surface area contributed by atoms with E-state index in [0.29, 0.717) is 31.4 Å². The Morgan fingerprint density at radius 3 is 2.41 bits per heavy atom. The maximum atomic E-state index is 10.8. The van der Waals surface area contributed by atoms with Crippen LogP contribution in [0.2, 0.25) is 0 Å². The quantitative estimate of drug-likeness (QED) is 0.750. The van der Waals surface area contributed by atoms with Crippen LogP contribution < -0.4 is 4.90 Å². The fourth-order valence-corrected chi connectivity index (χ4v) is 2.02. The monoisotopic (exact) mass is 260 g/mol. The van der Waals surface area contributed by atoms with Crippen LogP contribution in [-0.4, -0.2) is 56.6 Å². The number of thiazole rings is 1. The molecule has 0 atom stereocenters. The minimum absolute atomic E-state index is 0.236. The second-order valence-corrected chi connectivity index (χ2v) is 4.29. The summed E-state index contributed by atoms with van der Waals surface area (Å²) >= 11 is 1.15. The van der Waals surface area contributed by atoms with Gasteiger partial charge < -0.3 is 19.5 Å². The van der Waals surface area contributed by atoms with Crippen molar-refractivity contribution in [3.8, 4) is 0 Å². The molecule has 0 aromatic carbocycles. The second kappa shape index (κ2) is 7.21. The van der Waals surface area contributed by atoms with Crippen molar-refractivity contribution >= 4 is 22.4 Å². The maximum Gasteiger partial charge on any atom is 0.347 e. The molecule has 0 bridgehead atoms. The Morgan fingerprint density at radius 2 is 2.00 bits per heavy atom. The lowest BCUT2D eigenvalue weighted by Gasteiger charge is -2.20. The highest BCUT2D eigenvalue weighted by Crippen LogP contribution is 2.22. The van der Waals surface area contributed by atoms with E-state index in [1.807, 2.05) is 4.90 Å². The fourth-order valence-electron chi connectivity index (χ4n) is 1.22. The van der Waals surface area contributed by atoms with Gasteiger partial charge in [0.1, 0.15) is 4.88 Å². The van der Waals surface area contributed by atoms with Gasteiger partial charge in [-0.25, -0.2) is 9.78 Å². The van der Waals surface area contributed by atoms with Gasteiger partial charge in [-0.3, -0.25) is 0 Å². The Balaban J connectivity index is 2.68. The highest BCUT2D eigenvalue weighted by molar-refractivity contribution is 7.17. The molecule has 0 amide bonds. The number of hydrogen-bond acceptors (Lipinski definition) is 6. The fraction of sp³-hybridized carbons (Fsp3) is 0.600. The summed E-state index contributed by atoms with van der Waals surface area (Å²) in [5, 5.41) is 9.51. The second-order valence-electron chi connectivity index (χ2n) is 3.28. The van der Waals surface area contributed by atoms with Crippen molar-refractivity contribution in [2.45, 2.75) is 0 Å². The van der Waals surface area contributed by atoms with Gasteiger partial charge in [-0.1, -0.05) is 11.3 Å². The van der Waals surface area contributed by atoms with Gasteiger partial charge in [0.05, 0.1) is 19.4 Å². The van der Waals surface area contributed by atoms with Crippen molar-refractivity contribution in [1.29, 1.82) is 0 Å². The van der Waals surface area contributed by atoms with Crippen LogP contribution in [0.25, 0.3) is 0 Å². The summed E-state index contributed by atoms with van der Waals surface area (Å²) in [7, 11) is 3.25. The van der Waals surface area contributed by atoms with Crippen LogP contribution in [0.1, 0.15) is 9.67 Å². The van der Waals surface area contributed by atoms with E-state index >= 15 is 0 Å². The van der Waals surface area contributed by atoms with Crippen molar-refractivity contribution in [3.05, 3.63) is 11.1 Å². The lowest BCUT2D eigenvalue weighted by Crippen LogP contribution is -2.30. The number of nitrogens with zero attached hydrogens (tertiary/aromatic N) is 2. The standard InChI is InChI=1S/C10H16N2O4S/c1-15-5-3-12(4-6-16-2)10-11-7-8(17-10)9(13)14/h7H,3-6H2,1-2H3,(H,13,14). The summed E-state index contributed by atoms with van der Waals surface area (Å²) < 4.78 is 10.0. The molecule has 0 saturated carbocycles. The predicted molar refractivity (Wildman–Crippen MR) is 65.0 cm³/mol. The number of aromatic carboxylic acids is 1. The molecule has 0 saturated heterocycles. The lowest BCUT2D eigenvalue weighted by atomic mass is 10.5. The largest absolute Gasteiger partial charge is 0.477 e. The van der Waals surface area contributed by atoms with Crippen LogP contribution in [0, 0.1) is 0 Å². The number of aromatic nitrogens is 1. The van der Waals surface area contributed by atoms with Gasteiger partial charge in [-0.2, -0.15) is 0 Å². The molecule has 1 rings (SSSR count). The van der Waals surface area contributed by atoms with Crippen LogP contribution in [0.5, 0.6) is 0 Å². The van der Waals surface area contributed by atoms with Gasteiger partial charge in [0.2, 0.25) is 0 Å². The molecule has 0 spiro atoms. The molecule has 17 heavy (non-hydrogen) atoms. The average Bonchev–Trinajstić information content (AvgIpc) is 2.79. The Kier molecular flexibility index (Phi) is 5.88. The number of methoxy groups -OCH3 is 2. The number of rotatable bonds is 8. The number of carboxylic acids is 1. The zero-order chi connectivity index (χ0) is 12.7. The number of anilines is 1. The Labute approximate surface area is 104 Å².